The summed E-state index contributed by atoms with van der Waals surface area (Å²) in [5, 5.41) is 6.10. The monoisotopic (exact) mass is 297 g/mol. The molecule has 0 saturated carbocycles. The van der Waals surface area contributed by atoms with Crippen molar-refractivity contribution in [2.75, 3.05) is 18.4 Å². The lowest BCUT2D eigenvalue weighted by molar-refractivity contribution is -0.116. The Kier molecular flexibility index (Phi) is 4.50. The first-order valence-electron chi connectivity index (χ1n) is 5.86. The molecule has 0 radical (unpaired) electrons. The predicted molar refractivity (Wildman–Crippen MR) is 70.8 cm³/mol. The second-order valence-electron chi connectivity index (χ2n) is 4.31. The van der Waals surface area contributed by atoms with Crippen molar-refractivity contribution < 1.29 is 4.79 Å². The molecule has 0 aliphatic carbocycles. The van der Waals surface area contributed by atoms with Crippen LogP contribution in [0.5, 0.6) is 0 Å². The summed E-state index contributed by atoms with van der Waals surface area (Å²) in [5.74, 6) is 1.31. The fourth-order valence-corrected chi connectivity index (χ4v) is 2.19. The van der Waals surface area contributed by atoms with Gasteiger partial charge in [0.05, 0.1) is 0 Å². The number of hydrogen-bond donors (Lipinski definition) is 2. The fourth-order valence-electron chi connectivity index (χ4n) is 1.95. The van der Waals surface area contributed by atoms with Crippen molar-refractivity contribution in [3.63, 3.8) is 0 Å². The average molecular weight is 298 g/mol. The number of anilines is 1. The van der Waals surface area contributed by atoms with Gasteiger partial charge < -0.3 is 10.6 Å². The molecule has 17 heavy (non-hydrogen) atoms. The molecule has 1 fully saturated rings. The first-order valence-corrected chi connectivity index (χ1v) is 6.65. The van der Waals surface area contributed by atoms with Gasteiger partial charge in [-0.25, -0.2) is 4.98 Å². The maximum absolute atomic E-state index is 11.7. The first-order chi connectivity index (χ1) is 8.24. The highest BCUT2D eigenvalue weighted by Gasteiger charge is 2.15. The Morgan fingerprint density at radius 2 is 2.47 bits per heavy atom. The number of halogens is 1. The normalized spacial score (nSPS) is 19.2. The summed E-state index contributed by atoms with van der Waals surface area (Å²) in [6.07, 6.45) is 4.39. The molecule has 0 spiro atoms. The second-order valence-corrected chi connectivity index (χ2v) is 5.22. The largest absolute Gasteiger partial charge is 0.316 e. The summed E-state index contributed by atoms with van der Waals surface area (Å²) in [7, 11) is 0. The molecule has 1 aliphatic rings. The van der Waals surface area contributed by atoms with Crippen molar-refractivity contribution >= 4 is 27.7 Å². The van der Waals surface area contributed by atoms with Crippen molar-refractivity contribution in [3.05, 3.63) is 22.8 Å². The lowest BCUT2D eigenvalue weighted by Gasteiger charge is -2.08. The van der Waals surface area contributed by atoms with E-state index in [1.165, 1.54) is 6.42 Å². The van der Waals surface area contributed by atoms with Crippen LogP contribution in [0, 0.1) is 5.92 Å². The van der Waals surface area contributed by atoms with Gasteiger partial charge in [-0.05, 0) is 59.9 Å². The summed E-state index contributed by atoms with van der Waals surface area (Å²) in [4.78, 5) is 15.8. The minimum atomic E-state index is 0.0479. The first kappa shape index (κ1) is 12.5. The number of rotatable bonds is 4. The number of aromatic nitrogens is 1. The molecule has 1 aromatic rings. The van der Waals surface area contributed by atoms with Crippen LogP contribution < -0.4 is 10.6 Å². The van der Waals surface area contributed by atoms with Crippen molar-refractivity contribution in [1.82, 2.24) is 10.3 Å². The second kappa shape index (κ2) is 6.12. The molecule has 2 N–H and O–H groups in total. The van der Waals surface area contributed by atoms with E-state index >= 15 is 0 Å². The number of carbonyl (C=O) groups excluding carboxylic acids is 1. The minimum Gasteiger partial charge on any atom is -0.316 e. The molecule has 0 bridgehead atoms. The van der Waals surface area contributed by atoms with Gasteiger partial charge in [-0.2, -0.15) is 0 Å². The zero-order chi connectivity index (χ0) is 12.1. The molecule has 2 rings (SSSR count). The van der Waals surface area contributed by atoms with Gasteiger partial charge in [-0.15, -0.1) is 0 Å². The van der Waals surface area contributed by atoms with Crippen LogP contribution in [0.25, 0.3) is 0 Å². The third kappa shape index (κ3) is 4.09. The van der Waals surface area contributed by atoms with Gasteiger partial charge in [0.25, 0.3) is 0 Å². The molecule has 1 unspecified atom stereocenters. The summed E-state index contributed by atoms with van der Waals surface area (Å²) in [6.45, 7) is 2.13. The summed E-state index contributed by atoms with van der Waals surface area (Å²) in [6, 6.07) is 3.66. The topological polar surface area (TPSA) is 54.0 Å². The Balaban J connectivity index is 1.74. The lowest BCUT2D eigenvalue weighted by atomic mass is 10.0. The molecular weight excluding hydrogens is 282 g/mol. The summed E-state index contributed by atoms with van der Waals surface area (Å²) >= 11 is 3.30. The predicted octanol–water partition coefficient (Wildman–Crippen LogP) is 2.17. The maximum atomic E-state index is 11.7. The Bertz CT molecular complexity index is 374. The molecule has 4 nitrogen and oxygen atoms in total. The van der Waals surface area contributed by atoms with Crippen LogP contribution >= 0.6 is 15.9 Å². The van der Waals surface area contributed by atoms with Crippen molar-refractivity contribution in [3.8, 4) is 0 Å². The van der Waals surface area contributed by atoms with E-state index < -0.39 is 0 Å². The van der Waals surface area contributed by atoms with Gasteiger partial charge in [0.2, 0.25) is 5.91 Å². The Morgan fingerprint density at radius 3 is 3.12 bits per heavy atom. The van der Waals surface area contributed by atoms with Gasteiger partial charge >= 0.3 is 0 Å². The van der Waals surface area contributed by atoms with Gasteiger partial charge in [-0.1, -0.05) is 0 Å². The van der Waals surface area contributed by atoms with Crippen molar-refractivity contribution in [2.45, 2.75) is 19.3 Å². The van der Waals surface area contributed by atoms with Gasteiger partial charge in [0.15, 0.2) is 0 Å². The van der Waals surface area contributed by atoms with Crippen LogP contribution in [0.1, 0.15) is 19.3 Å². The van der Waals surface area contributed by atoms with Gasteiger partial charge in [0, 0.05) is 17.1 Å². The Labute approximate surface area is 109 Å². The van der Waals surface area contributed by atoms with E-state index in [-0.39, 0.29) is 5.91 Å². The van der Waals surface area contributed by atoms with E-state index in [0.29, 0.717) is 18.2 Å². The lowest BCUT2D eigenvalue weighted by Crippen LogP contribution is -2.15. The molecule has 1 atom stereocenters. The average Bonchev–Trinajstić information content (AvgIpc) is 2.83. The number of nitrogens with zero attached hydrogens (tertiary/aromatic N) is 1. The highest BCUT2D eigenvalue weighted by Crippen LogP contribution is 2.15. The zero-order valence-corrected chi connectivity index (χ0v) is 11.2. The van der Waals surface area contributed by atoms with Crippen LogP contribution in [-0.2, 0) is 4.79 Å². The van der Waals surface area contributed by atoms with Crippen molar-refractivity contribution in [1.29, 1.82) is 0 Å². The van der Waals surface area contributed by atoms with Gasteiger partial charge in [-0.3, -0.25) is 4.79 Å². The van der Waals surface area contributed by atoms with E-state index in [0.717, 1.165) is 24.0 Å². The van der Waals surface area contributed by atoms with Crippen LogP contribution in [0.3, 0.4) is 0 Å². The molecule has 1 amide bonds. The standard InChI is InChI=1S/C12H16BrN3O/c13-10-2-3-11(15-8-10)16-12(17)4-1-9-5-6-14-7-9/h2-3,8-9,14H,1,4-7H2,(H,15,16,17). The molecule has 5 heteroatoms. The van der Waals surface area contributed by atoms with Crippen LogP contribution in [-0.4, -0.2) is 24.0 Å². The minimum absolute atomic E-state index is 0.0479. The van der Waals surface area contributed by atoms with Crippen LogP contribution in [0.15, 0.2) is 22.8 Å². The molecule has 1 saturated heterocycles. The van der Waals surface area contributed by atoms with Crippen LogP contribution in [0.2, 0.25) is 0 Å². The van der Waals surface area contributed by atoms with Crippen LogP contribution in [0.4, 0.5) is 5.82 Å². The molecule has 1 aromatic heterocycles. The molecule has 2 heterocycles. The summed E-state index contributed by atoms with van der Waals surface area (Å²) in [5.41, 5.74) is 0. The smallest absolute Gasteiger partial charge is 0.225 e. The third-order valence-corrected chi connectivity index (χ3v) is 3.41. The van der Waals surface area contributed by atoms with Crippen molar-refractivity contribution in [2.24, 2.45) is 5.92 Å². The number of nitrogens with one attached hydrogen (secondary N) is 2. The Morgan fingerprint density at radius 1 is 1.59 bits per heavy atom. The fraction of sp³-hybridized carbons (Fsp3) is 0.500. The van der Waals surface area contributed by atoms with E-state index in [2.05, 4.69) is 31.5 Å². The molecular formula is C12H16BrN3O. The molecule has 1 aliphatic heterocycles. The molecule has 0 aromatic carbocycles. The number of pyridine rings is 1. The highest BCUT2D eigenvalue weighted by atomic mass is 79.9. The maximum Gasteiger partial charge on any atom is 0.225 e. The van der Waals surface area contributed by atoms with E-state index in [9.17, 15) is 4.79 Å². The SMILES string of the molecule is O=C(CCC1CCNC1)Nc1ccc(Br)cn1. The Hall–Kier alpha value is -0.940. The quantitative estimate of drug-likeness (QED) is 0.896. The summed E-state index contributed by atoms with van der Waals surface area (Å²) < 4.78 is 0.910. The van der Waals surface area contributed by atoms with E-state index in [1.807, 2.05) is 6.07 Å². The zero-order valence-electron chi connectivity index (χ0n) is 9.58. The number of hydrogen-bond acceptors (Lipinski definition) is 3. The number of carbonyl (C=O) groups is 1. The van der Waals surface area contributed by atoms with E-state index in [4.69, 9.17) is 0 Å². The van der Waals surface area contributed by atoms with E-state index in [1.54, 1.807) is 12.3 Å². The van der Waals surface area contributed by atoms with Gasteiger partial charge in [0.1, 0.15) is 5.82 Å². The molecule has 92 valence electrons. The highest BCUT2D eigenvalue weighted by molar-refractivity contribution is 9.10. The number of amides is 1. The third-order valence-electron chi connectivity index (χ3n) is 2.94.